The van der Waals surface area contributed by atoms with Crippen LogP contribution in [0.1, 0.15) is 6.42 Å². The van der Waals surface area contributed by atoms with E-state index in [0.717, 1.165) is 22.8 Å². The molecule has 1 aliphatic rings. The van der Waals surface area contributed by atoms with Crippen molar-refractivity contribution < 1.29 is 9.47 Å². The number of hydrogen-bond acceptors (Lipinski definition) is 4. The second-order valence-corrected chi connectivity index (χ2v) is 4.17. The molecular formula is C7H8BrNO2S. The van der Waals surface area contributed by atoms with E-state index in [1.165, 1.54) is 11.3 Å². The van der Waals surface area contributed by atoms with Crippen LogP contribution < -0.4 is 4.74 Å². The van der Waals surface area contributed by atoms with Crippen LogP contribution in [0.5, 0.6) is 5.19 Å². The van der Waals surface area contributed by atoms with Crippen LogP contribution in [0.15, 0.2) is 9.98 Å². The SMILES string of the molecule is Brc1csc(O[C@H]2CCOC2)n1. The fraction of sp³-hybridized carbons (Fsp3) is 0.571. The third kappa shape index (κ3) is 1.97. The first-order chi connectivity index (χ1) is 5.84. The Labute approximate surface area is 82.8 Å². The predicted molar refractivity (Wildman–Crippen MR) is 49.7 cm³/mol. The average molecular weight is 250 g/mol. The highest BCUT2D eigenvalue weighted by Gasteiger charge is 2.18. The van der Waals surface area contributed by atoms with Crippen molar-refractivity contribution in [2.45, 2.75) is 12.5 Å². The first kappa shape index (κ1) is 8.47. The van der Waals surface area contributed by atoms with Crippen molar-refractivity contribution in [3.63, 3.8) is 0 Å². The summed E-state index contributed by atoms with van der Waals surface area (Å²) in [6.45, 7) is 1.49. The highest BCUT2D eigenvalue weighted by atomic mass is 79.9. The molecule has 1 atom stereocenters. The molecule has 0 spiro atoms. The summed E-state index contributed by atoms with van der Waals surface area (Å²) in [4.78, 5) is 4.13. The summed E-state index contributed by atoms with van der Waals surface area (Å²) >= 11 is 4.77. The van der Waals surface area contributed by atoms with Crippen molar-refractivity contribution in [1.29, 1.82) is 0 Å². The van der Waals surface area contributed by atoms with Crippen LogP contribution in [0.4, 0.5) is 0 Å². The van der Waals surface area contributed by atoms with Gasteiger partial charge in [0, 0.05) is 11.8 Å². The maximum absolute atomic E-state index is 5.55. The molecule has 0 saturated carbocycles. The summed E-state index contributed by atoms with van der Waals surface area (Å²) in [5.74, 6) is 0. The molecule has 0 unspecified atom stereocenters. The van der Waals surface area contributed by atoms with E-state index in [1.807, 2.05) is 5.38 Å². The van der Waals surface area contributed by atoms with Gasteiger partial charge in [0.1, 0.15) is 10.7 Å². The minimum atomic E-state index is 0.197. The molecule has 1 fully saturated rings. The molecule has 66 valence electrons. The first-order valence-corrected chi connectivity index (χ1v) is 5.37. The topological polar surface area (TPSA) is 31.4 Å². The predicted octanol–water partition coefficient (Wildman–Crippen LogP) is 2.07. The van der Waals surface area contributed by atoms with Gasteiger partial charge in [-0.25, -0.2) is 0 Å². The van der Waals surface area contributed by atoms with Crippen molar-refractivity contribution in [1.82, 2.24) is 4.98 Å². The minimum Gasteiger partial charge on any atom is -0.464 e. The molecular weight excluding hydrogens is 242 g/mol. The molecule has 0 aromatic carbocycles. The molecule has 2 rings (SSSR count). The van der Waals surface area contributed by atoms with Gasteiger partial charge in [-0.15, -0.1) is 0 Å². The molecule has 12 heavy (non-hydrogen) atoms. The van der Waals surface area contributed by atoms with Crippen LogP contribution in [-0.4, -0.2) is 24.3 Å². The summed E-state index contributed by atoms with van der Waals surface area (Å²) in [5, 5.41) is 2.63. The summed E-state index contributed by atoms with van der Waals surface area (Å²) in [6, 6.07) is 0. The van der Waals surface area contributed by atoms with Gasteiger partial charge in [-0.05, 0) is 15.9 Å². The quantitative estimate of drug-likeness (QED) is 0.805. The Morgan fingerprint density at radius 1 is 1.75 bits per heavy atom. The number of nitrogens with zero attached hydrogens (tertiary/aromatic N) is 1. The van der Waals surface area contributed by atoms with Gasteiger partial charge >= 0.3 is 0 Å². The van der Waals surface area contributed by atoms with Gasteiger partial charge in [0.15, 0.2) is 0 Å². The number of ether oxygens (including phenoxy) is 2. The van der Waals surface area contributed by atoms with Crippen LogP contribution in [0.25, 0.3) is 0 Å². The van der Waals surface area contributed by atoms with Crippen LogP contribution in [-0.2, 0) is 4.74 Å². The van der Waals surface area contributed by atoms with Gasteiger partial charge in [0.2, 0.25) is 0 Å². The molecule has 0 N–H and O–H groups in total. The van der Waals surface area contributed by atoms with Gasteiger partial charge < -0.3 is 9.47 Å². The zero-order valence-electron chi connectivity index (χ0n) is 6.33. The minimum absolute atomic E-state index is 0.197. The Morgan fingerprint density at radius 3 is 3.25 bits per heavy atom. The highest BCUT2D eigenvalue weighted by Crippen LogP contribution is 2.24. The molecule has 1 aromatic heterocycles. The third-order valence-corrected chi connectivity index (χ3v) is 3.05. The second kappa shape index (κ2) is 3.72. The van der Waals surface area contributed by atoms with Crippen molar-refractivity contribution in [3.8, 4) is 5.19 Å². The molecule has 1 saturated heterocycles. The second-order valence-electron chi connectivity index (χ2n) is 2.54. The van der Waals surface area contributed by atoms with Crippen LogP contribution in [0.2, 0.25) is 0 Å². The number of rotatable bonds is 2. The fourth-order valence-corrected chi connectivity index (χ4v) is 2.19. The van der Waals surface area contributed by atoms with E-state index >= 15 is 0 Å². The van der Waals surface area contributed by atoms with E-state index in [-0.39, 0.29) is 6.10 Å². The lowest BCUT2D eigenvalue weighted by Crippen LogP contribution is -2.15. The Hall–Kier alpha value is -0.130. The summed E-state index contributed by atoms with van der Waals surface area (Å²) in [6.07, 6.45) is 1.17. The van der Waals surface area contributed by atoms with E-state index < -0.39 is 0 Å². The maximum atomic E-state index is 5.55. The lowest BCUT2D eigenvalue weighted by atomic mass is 10.3. The van der Waals surface area contributed by atoms with Crippen molar-refractivity contribution >= 4 is 27.3 Å². The molecule has 1 aliphatic heterocycles. The Kier molecular flexibility index (Phi) is 2.63. The normalized spacial score (nSPS) is 22.9. The molecule has 1 aromatic rings. The van der Waals surface area contributed by atoms with Crippen LogP contribution >= 0.6 is 27.3 Å². The maximum Gasteiger partial charge on any atom is 0.274 e. The average Bonchev–Trinajstić information content (AvgIpc) is 2.63. The Balaban J connectivity index is 1.94. The Morgan fingerprint density at radius 2 is 2.67 bits per heavy atom. The summed E-state index contributed by atoms with van der Waals surface area (Å²) in [7, 11) is 0. The van der Waals surface area contributed by atoms with Crippen LogP contribution in [0, 0.1) is 0 Å². The van der Waals surface area contributed by atoms with E-state index in [0.29, 0.717) is 6.61 Å². The van der Waals surface area contributed by atoms with E-state index in [9.17, 15) is 0 Å². The van der Waals surface area contributed by atoms with E-state index in [1.54, 1.807) is 0 Å². The van der Waals surface area contributed by atoms with Crippen molar-refractivity contribution in [3.05, 3.63) is 9.98 Å². The zero-order valence-corrected chi connectivity index (χ0v) is 8.73. The molecule has 0 bridgehead atoms. The monoisotopic (exact) mass is 249 g/mol. The lowest BCUT2D eigenvalue weighted by molar-refractivity contribution is 0.141. The molecule has 0 amide bonds. The highest BCUT2D eigenvalue weighted by molar-refractivity contribution is 9.10. The summed E-state index contributed by atoms with van der Waals surface area (Å²) < 4.78 is 11.6. The number of aromatic nitrogens is 1. The van der Waals surface area contributed by atoms with Gasteiger partial charge in [-0.3, -0.25) is 0 Å². The molecule has 0 aliphatic carbocycles. The van der Waals surface area contributed by atoms with Gasteiger partial charge in [-0.1, -0.05) is 11.3 Å². The molecule has 5 heteroatoms. The Bertz CT molecular complexity index is 260. The largest absolute Gasteiger partial charge is 0.464 e. The van der Waals surface area contributed by atoms with Crippen LogP contribution in [0.3, 0.4) is 0 Å². The first-order valence-electron chi connectivity index (χ1n) is 3.70. The fourth-order valence-electron chi connectivity index (χ4n) is 1.04. The standard InChI is InChI=1S/C7H8BrNO2S/c8-6-4-12-7(9-6)11-5-1-2-10-3-5/h4-5H,1-3H2/t5-/m0/s1. The third-order valence-electron chi connectivity index (χ3n) is 1.61. The van der Waals surface area contributed by atoms with Gasteiger partial charge in [0.25, 0.3) is 5.19 Å². The smallest absolute Gasteiger partial charge is 0.274 e. The number of hydrogen-bond donors (Lipinski definition) is 0. The van der Waals surface area contributed by atoms with E-state index in [2.05, 4.69) is 20.9 Å². The summed E-state index contributed by atoms with van der Waals surface area (Å²) in [5.41, 5.74) is 0. The number of thiazole rings is 1. The zero-order chi connectivity index (χ0) is 8.39. The van der Waals surface area contributed by atoms with Crippen molar-refractivity contribution in [2.75, 3.05) is 13.2 Å². The molecule has 0 radical (unpaired) electrons. The molecule has 3 nitrogen and oxygen atoms in total. The van der Waals surface area contributed by atoms with E-state index in [4.69, 9.17) is 9.47 Å². The van der Waals surface area contributed by atoms with Gasteiger partial charge in [0.05, 0.1) is 13.2 Å². The van der Waals surface area contributed by atoms with Gasteiger partial charge in [-0.2, -0.15) is 4.98 Å². The lowest BCUT2D eigenvalue weighted by Gasteiger charge is -2.06. The number of halogens is 1. The van der Waals surface area contributed by atoms with Crippen molar-refractivity contribution in [2.24, 2.45) is 0 Å². The molecule has 2 heterocycles.